The number of benzene rings is 2. The van der Waals surface area contributed by atoms with Crippen molar-refractivity contribution in [2.45, 2.75) is 26.8 Å². The third-order valence-electron chi connectivity index (χ3n) is 5.81. The molecule has 168 valence electrons. The number of nitro benzene ring substituents is 1. The Labute approximate surface area is 186 Å². The molecule has 0 bridgehead atoms. The Morgan fingerprint density at radius 3 is 2.38 bits per heavy atom. The summed E-state index contributed by atoms with van der Waals surface area (Å²) in [6, 6.07) is 11.9. The molecule has 1 aliphatic heterocycles. The van der Waals surface area contributed by atoms with E-state index in [0.717, 1.165) is 18.7 Å². The van der Waals surface area contributed by atoms with E-state index in [9.17, 15) is 24.8 Å². The maximum atomic E-state index is 13.0. The molecule has 0 aliphatic carbocycles. The van der Waals surface area contributed by atoms with Crippen LogP contribution in [0.3, 0.4) is 0 Å². The molecule has 8 nitrogen and oxygen atoms in total. The molecule has 3 rings (SSSR count). The third kappa shape index (κ3) is 4.55. The molecule has 2 aromatic carbocycles. The van der Waals surface area contributed by atoms with Gasteiger partial charge in [0, 0.05) is 30.8 Å². The minimum Gasteiger partial charge on any atom is -0.507 e. The fraction of sp³-hybridized carbons (Fsp3) is 0.333. The SMILES string of the molecule is CCN(CC)CCN1C(=O)C(=O)C(=C(O)c2ccc(C)cc2)[C@@H]1c1cccc([N+](=O)[O-])c1. The fourth-order valence-electron chi connectivity index (χ4n) is 3.92. The van der Waals surface area contributed by atoms with Crippen LogP contribution in [0.1, 0.15) is 36.6 Å². The Morgan fingerprint density at radius 1 is 1.12 bits per heavy atom. The van der Waals surface area contributed by atoms with Crippen molar-refractivity contribution >= 4 is 23.1 Å². The summed E-state index contributed by atoms with van der Waals surface area (Å²) in [5, 5.41) is 22.4. The van der Waals surface area contributed by atoms with Crippen molar-refractivity contribution in [2.75, 3.05) is 26.2 Å². The maximum absolute atomic E-state index is 13.0. The van der Waals surface area contributed by atoms with Gasteiger partial charge < -0.3 is 14.9 Å². The summed E-state index contributed by atoms with van der Waals surface area (Å²) >= 11 is 0. The van der Waals surface area contributed by atoms with E-state index >= 15 is 0 Å². The first kappa shape index (κ1) is 23.1. The summed E-state index contributed by atoms with van der Waals surface area (Å²) in [4.78, 5) is 40.3. The van der Waals surface area contributed by atoms with Gasteiger partial charge in [0.2, 0.25) is 0 Å². The number of nitrogens with zero attached hydrogens (tertiary/aromatic N) is 3. The summed E-state index contributed by atoms with van der Waals surface area (Å²) in [7, 11) is 0. The van der Waals surface area contributed by atoms with E-state index in [1.807, 2.05) is 20.8 Å². The molecular weight excluding hydrogens is 410 g/mol. The Kier molecular flexibility index (Phi) is 7.05. The van der Waals surface area contributed by atoms with Crippen molar-refractivity contribution in [3.05, 3.63) is 80.9 Å². The van der Waals surface area contributed by atoms with Gasteiger partial charge in [0.1, 0.15) is 5.76 Å². The zero-order chi connectivity index (χ0) is 23.4. The number of carbonyl (C=O) groups is 2. The molecule has 2 aromatic rings. The Morgan fingerprint density at radius 2 is 1.78 bits per heavy atom. The fourth-order valence-corrected chi connectivity index (χ4v) is 3.92. The molecule has 1 saturated heterocycles. The number of hydrogen-bond donors (Lipinski definition) is 1. The molecule has 32 heavy (non-hydrogen) atoms. The van der Waals surface area contributed by atoms with Crippen LogP contribution in [0.25, 0.3) is 5.76 Å². The van der Waals surface area contributed by atoms with Crippen LogP contribution in [0.5, 0.6) is 0 Å². The summed E-state index contributed by atoms with van der Waals surface area (Å²) < 4.78 is 0. The number of hydrogen-bond acceptors (Lipinski definition) is 6. The van der Waals surface area contributed by atoms with Crippen LogP contribution in [0.4, 0.5) is 5.69 Å². The largest absolute Gasteiger partial charge is 0.507 e. The quantitative estimate of drug-likeness (QED) is 0.222. The maximum Gasteiger partial charge on any atom is 0.295 e. The molecule has 1 N–H and O–H groups in total. The van der Waals surface area contributed by atoms with Gasteiger partial charge in [-0.3, -0.25) is 19.7 Å². The van der Waals surface area contributed by atoms with Crippen LogP contribution in [-0.4, -0.2) is 57.7 Å². The van der Waals surface area contributed by atoms with Crippen LogP contribution in [0.2, 0.25) is 0 Å². The number of aliphatic hydroxyl groups excluding tert-OH is 1. The number of aryl methyl sites for hydroxylation is 1. The number of rotatable bonds is 8. The number of likely N-dealkylation sites (tertiary alicyclic amines) is 1. The third-order valence-corrected chi connectivity index (χ3v) is 5.81. The summed E-state index contributed by atoms with van der Waals surface area (Å²) in [5.41, 5.74) is 1.60. The highest BCUT2D eigenvalue weighted by atomic mass is 16.6. The molecule has 0 aromatic heterocycles. The predicted octanol–water partition coefficient (Wildman–Crippen LogP) is 3.67. The van der Waals surface area contributed by atoms with Gasteiger partial charge in [-0.25, -0.2) is 0 Å². The van der Waals surface area contributed by atoms with Crippen LogP contribution in [0, 0.1) is 17.0 Å². The van der Waals surface area contributed by atoms with Gasteiger partial charge in [0.05, 0.1) is 16.5 Å². The van der Waals surface area contributed by atoms with Crippen molar-refractivity contribution in [3.8, 4) is 0 Å². The van der Waals surface area contributed by atoms with E-state index < -0.39 is 22.7 Å². The minimum absolute atomic E-state index is 0.0566. The van der Waals surface area contributed by atoms with Crippen molar-refractivity contribution < 1.29 is 19.6 Å². The monoisotopic (exact) mass is 437 g/mol. The van der Waals surface area contributed by atoms with Crippen LogP contribution in [0.15, 0.2) is 54.1 Å². The molecule has 1 amide bonds. The van der Waals surface area contributed by atoms with Crippen LogP contribution < -0.4 is 0 Å². The first-order valence-corrected chi connectivity index (χ1v) is 10.6. The van der Waals surface area contributed by atoms with Gasteiger partial charge in [-0.15, -0.1) is 0 Å². The van der Waals surface area contributed by atoms with Gasteiger partial charge in [0.15, 0.2) is 0 Å². The highest BCUT2D eigenvalue weighted by Crippen LogP contribution is 2.40. The molecule has 0 radical (unpaired) electrons. The first-order chi connectivity index (χ1) is 15.3. The zero-order valence-corrected chi connectivity index (χ0v) is 18.4. The van der Waals surface area contributed by atoms with Crippen molar-refractivity contribution in [1.29, 1.82) is 0 Å². The Bertz CT molecular complexity index is 1060. The molecule has 8 heteroatoms. The number of non-ortho nitro benzene ring substituents is 1. The minimum atomic E-state index is -0.910. The highest BCUT2D eigenvalue weighted by Gasteiger charge is 2.46. The van der Waals surface area contributed by atoms with Crippen molar-refractivity contribution in [3.63, 3.8) is 0 Å². The molecule has 0 saturated carbocycles. The van der Waals surface area contributed by atoms with E-state index in [1.165, 1.54) is 23.1 Å². The standard InChI is InChI=1S/C24H27N3O5/c1-4-25(5-2)13-14-26-21(18-7-6-8-19(15-18)27(31)32)20(23(29)24(26)30)22(28)17-11-9-16(3)10-12-17/h6-12,15,21,28H,4-5,13-14H2,1-3H3/t21-/m0/s1. The zero-order valence-electron chi connectivity index (χ0n) is 18.4. The molecule has 1 aliphatic rings. The number of amides is 1. The molecule has 0 unspecified atom stereocenters. The second-order valence-electron chi connectivity index (χ2n) is 7.74. The Hall–Kier alpha value is -3.52. The number of ketones is 1. The molecule has 0 spiro atoms. The lowest BCUT2D eigenvalue weighted by atomic mass is 9.94. The highest BCUT2D eigenvalue weighted by molar-refractivity contribution is 6.46. The van der Waals surface area contributed by atoms with Crippen LogP contribution in [-0.2, 0) is 9.59 Å². The lowest BCUT2D eigenvalue weighted by molar-refractivity contribution is -0.384. The number of carbonyl (C=O) groups excluding carboxylic acids is 2. The van der Waals surface area contributed by atoms with Gasteiger partial charge >= 0.3 is 0 Å². The number of aliphatic hydroxyl groups is 1. The smallest absolute Gasteiger partial charge is 0.295 e. The molecular formula is C24H27N3O5. The second-order valence-corrected chi connectivity index (χ2v) is 7.74. The normalized spacial score (nSPS) is 17.9. The molecule has 1 atom stereocenters. The van der Waals surface area contributed by atoms with E-state index in [0.29, 0.717) is 17.7 Å². The summed E-state index contributed by atoms with van der Waals surface area (Å²) in [6.45, 7) is 8.27. The van der Waals surface area contributed by atoms with Gasteiger partial charge in [-0.1, -0.05) is 55.8 Å². The summed E-state index contributed by atoms with van der Waals surface area (Å²) in [6.07, 6.45) is 0. The van der Waals surface area contributed by atoms with E-state index in [-0.39, 0.29) is 23.6 Å². The van der Waals surface area contributed by atoms with Gasteiger partial charge in [0.25, 0.3) is 17.4 Å². The lowest BCUT2D eigenvalue weighted by Crippen LogP contribution is -2.38. The van der Waals surface area contributed by atoms with Gasteiger partial charge in [-0.05, 0) is 25.6 Å². The second kappa shape index (κ2) is 9.74. The average molecular weight is 437 g/mol. The number of nitro groups is 1. The average Bonchev–Trinajstić information content (AvgIpc) is 3.04. The Balaban J connectivity index is 2.13. The van der Waals surface area contributed by atoms with E-state index in [1.54, 1.807) is 30.3 Å². The predicted molar refractivity (Wildman–Crippen MR) is 121 cm³/mol. The number of likely N-dealkylation sites (N-methyl/N-ethyl adjacent to an activating group) is 1. The van der Waals surface area contributed by atoms with Crippen LogP contribution >= 0.6 is 0 Å². The van der Waals surface area contributed by atoms with E-state index in [4.69, 9.17) is 0 Å². The van der Waals surface area contributed by atoms with Crippen molar-refractivity contribution in [2.24, 2.45) is 0 Å². The summed E-state index contributed by atoms with van der Waals surface area (Å²) in [5.74, 6) is -1.80. The molecule has 1 fully saturated rings. The van der Waals surface area contributed by atoms with Gasteiger partial charge in [-0.2, -0.15) is 0 Å². The first-order valence-electron chi connectivity index (χ1n) is 10.6. The number of Topliss-reactive ketones (excluding diaryl/α,β-unsaturated/α-hetero) is 1. The molecule has 1 heterocycles. The van der Waals surface area contributed by atoms with Crippen molar-refractivity contribution in [1.82, 2.24) is 9.80 Å². The lowest BCUT2D eigenvalue weighted by Gasteiger charge is -2.28. The van der Waals surface area contributed by atoms with E-state index in [2.05, 4.69) is 4.90 Å². The topological polar surface area (TPSA) is 104 Å².